The Balaban J connectivity index is 1.76. The van der Waals surface area contributed by atoms with Crippen LogP contribution in [-0.4, -0.2) is 32.1 Å². The predicted octanol–water partition coefficient (Wildman–Crippen LogP) is 2.13. The van der Waals surface area contributed by atoms with Crippen LogP contribution in [0, 0.1) is 12.8 Å². The first-order valence-electron chi connectivity index (χ1n) is 8.06. The van der Waals surface area contributed by atoms with E-state index in [-0.39, 0.29) is 17.4 Å². The Morgan fingerprint density at radius 2 is 2.33 bits per heavy atom. The summed E-state index contributed by atoms with van der Waals surface area (Å²) >= 11 is 1.61. The molecule has 2 atom stereocenters. The van der Waals surface area contributed by atoms with Crippen LogP contribution in [0.5, 0.6) is 0 Å². The normalized spacial score (nSPS) is 26.7. The van der Waals surface area contributed by atoms with E-state index in [2.05, 4.69) is 34.5 Å². The molecule has 0 spiro atoms. The van der Waals surface area contributed by atoms with Crippen LogP contribution in [-0.2, 0) is 7.05 Å². The fourth-order valence-electron chi connectivity index (χ4n) is 3.04. The van der Waals surface area contributed by atoms with Crippen molar-refractivity contribution in [2.24, 2.45) is 23.7 Å². The molecule has 1 aromatic rings. The highest BCUT2D eigenvalue weighted by molar-refractivity contribution is 8.13. The summed E-state index contributed by atoms with van der Waals surface area (Å²) < 4.78 is 1.70. The second-order valence-corrected chi connectivity index (χ2v) is 7.64. The largest absolute Gasteiger partial charge is 0.379 e. The molecule has 0 saturated heterocycles. The van der Waals surface area contributed by atoms with Crippen molar-refractivity contribution < 1.29 is 4.79 Å². The van der Waals surface area contributed by atoms with Crippen LogP contribution in [0.4, 0.5) is 0 Å². The number of thioether (sulfide) groups is 1. The van der Waals surface area contributed by atoms with Gasteiger partial charge in [0.15, 0.2) is 10.9 Å². The number of nitrogens with zero attached hydrogens (tertiary/aromatic N) is 3. The quantitative estimate of drug-likeness (QED) is 0.879. The molecule has 0 bridgehead atoms. The molecule has 128 valence electrons. The number of rotatable bonds is 3. The lowest BCUT2D eigenvalue weighted by Crippen LogP contribution is -2.38. The summed E-state index contributed by atoms with van der Waals surface area (Å²) in [5, 5.41) is 7.82. The number of carbonyl (C=O) groups is 1. The summed E-state index contributed by atoms with van der Waals surface area (Å²) in [4.78, 5) is 17.1. The van der Waals surface area contributed by atoms with E-state index < -0.39 is 0 Å². The predicted molar refractivity (Wildman–Crippen MR) is 97.8 cm³/mol. The highest BCUT2D eigenvalue weighted by Crippen LogP contribution is 2.37. The van der Waals surface area contributed by atoms with E-state index in [0.717, 1.165) is 30.0 Å². The molecule has 1 aliphatic heterocycles. The van der Waals surface area contributed by atoms with Gasteiger partial charge in [-0.25, -0.2) is 0 Å². The van der Waals surface area contributed by atoms with Crippen LogP contribution < -0.4 is 11.1 Å². The maximum absolute atomic E-state index is 12.4. The molecule has 24 heavy (non-hydrogen) atoms. The van der Waals surface area contributed by atoms with Crippen molar-refractivity contribution >= 4 is 22.8 Å². The Morgan fingerprint density at radius 1 is 1.54 bits per heavy atom. The molecule has 1 aliphatic carbocycles. The lowest BCUT2D eigenvalue weighted by atomic mass is 9.79. The van der Waals surface area contributed by atoms with Crippen LogP contribution in [0.1, 0.15) is 35.9 Å². The van der Waals surface area contributed by atoms with E-state index in [0.29, 0.717) is 10.9 Å². The minimum atomic E-state index is -0.211. The van der Waals surface area contributed by atoms with Crippen molar-refractivity contribution in [3.05, 3.63) is 41.4 Å². The van der Waals surface area contributed by atoms with Crippen molar-refractivity contribution in [3.63, 3.8) is 0 Å². The second-order valence-electron chi connectivity index (χ2n) is 6.52. The van der Waals surface area contributed by atoms with E-state index in [1.807, 2.05) is 20.0 Å². The van der Waals surface area contributed by atoms with Gasteiger partial charge in [-0.2, -0.15) is 5.10 Å². The minimum Gasteiger partial charge on any atom is -0.379 e. The minimum absolute atomic E-state index is 0.192. The van der Waals surface area contributed by atoms with Gasteiger partial charge >= 0.3 is 0 Å². The number of hydrogen-bond acceptors (Lipinski definition) is 5. The van der Waals surface area contributed by atoms with Gasteiger partial charge in [0.25, 0.3) is 5.91 Å². The van der Waals surface area contributed by atoms with Gasteiger partial charge in [0.1, 0.15) is 0 Å². The Labute approximate surface area is 146 Å². The van der Waals surface area contributed by atoms with E-state index >= 15 is 0 Å². The first-order valence-corrected chi connectivity index (χ1v) is 9.04. The molecule has 1 aromatic heterocycles. The number of amidine groups is 1. The number of carbonyl (C=O) groups excluding carboxylic acids is 1. The fraction of sp³-hybridized carbons (Fsp3) is 0.471. The first-order chi connectivity index (χ1) is 11.4. The molecule has 3 rings (SSSR count). The highest BCUT2D eigenvalue weighted by Gasteiger charge is 2.35. The molecule has 0 saturated carbocycles. The second kappa shape index (κ2) is 6.47. The number of aliphatic imine (C=N–C) groups is 1. The Hall–Kier alpha value is -2.02. The number of aryl methyl sites for hydroxylation is 2. The number of nitrogens with two attached hydrogens (primary N) is 1. The zero-order valence-corrected chi connectivity index (χ0v) is 15.1. The molecule has 6 nitrogen and oxygen atoms in total. The van der Waals surface area contributed by atoms with Gasteiger partial charge < -0.3 is 11.1 Å². The summed E-state index contributed by atoms with van der Waals surface area (Å²) in [5.74, 6) is 1.01. The maximum atomic E-state index is 12.4. The third-order valence-electron chi connectivity index (χ3n) is 4.70. The van der Waals surface area contributed by atoms with Crippen LogP contribution in [0.15, 0.2) is 35.0 Å². The monoisotopic (exact) mass is 345 g/mol. The molecular weight excluding hydrogens is 322 g/mol. The zero-order valence-electron chi connectivity index (χ0n) is 14.2. The van der Waals surface area contributed by atoms with E-state index in [1.165, 1.54) is 0 Å². The van der Waals surface area contributed by atoms with Crippen LogP contribution >= 0.6 is 11.8 Å². The summed E-state index contributed by atoms with van der Waals surface area (Å²) in [5.41, 5.74) is 7.88. The van der Waals surface area contributed by atoms with Crippen LogP contribution in [0.3, 0.4) is 0 Å². The summed E-state index contributed by atoms with van der Waals surface area (Å²) in [6.45, 7) is 4.06. The molecule has 0 aromatic carbocycles. The van der Waals surface area contributed by atoms with Gasteiger partial charge in [0.05, 0.1) is 5.54 Å². The average Bonchev–Trinajstić information content (AvgIpc) is 2.87. The molecule has 0 fully saturated rings. The summed E-state index contributed by atoms with van der Waals surface area (Å²) in [6.07, 6.45) is 8.01. The van der Waals surface area contributed by atoms with Gasteiger partial charge in [-0.1, -0.05) is 23.9 Å². The topological polar surface area (TPSA) is 85.3 Å². The Bertz CT molecular complexity index is 729. The van der Waals surface area contributed by atoms with Gasteiger partial charge in [-0.15, -0.1) is 0 Å². The summed E-state index contributed by atoms with van der Waals surface area (Å²) in [7, 11) is 1.83. The zero-order chi connectivity index (χ0) is 17.3. The number of aromatic nitrogens is 2. The average molecular weight is 345 g/mol. The van der Waals surface area contributed by atoms with Crippen LogP contribution in [0.25, 0.3) is 0 Å². The van der Waals surface area contributed by atoms with Crippen molar-refractivity contribution in [1.82, 2.24) is 15.1 Å². The van der Waals surface area contributed by atoms with Crippen molar-refractivity contribution in [2.45, 2.75) is 32.2 Å². The van der Waals surface area contributed by atoms with E-state index in [1.54, 1.807) is 22.5 Å². The van der Waals surface area contributed by atoms with E-state index in [4.69, 9.17) is 5.73 Å². The molecule has 2 heterocycles. The molecule has 7 heteroatoms. The van der Waals surface area contributed by atoms with Crippen molar-refractivity contribution in [2.75, 3.05) is 5.75 Å². The number of amides is 1. The SMILES string of the molecule is Cc1cc(C(=O)NC2=CC([C@]3(C)CCSC(N)=N3)CC=C2)nn1C. The molecule has 1 unspecified atom stereocenters. The lowest BCUT2D eigenvalue weighted by Gasteiger charge is -2.36. The Kier molecular flexibility index (Phi) is 4.54. The number of nitrogens with one attached hydrogen (secondary N) is 1. The molecule has 3 N–H and O–H groups in total. The molecule has 0 radical (unpaired) electrons. The van der Waals surface area contributed by atoms with Gasteiger partial charge in [0.2, 0.25) is 0 Å². The first kappa shape index (κ1) is 16.8. The summed E-state index contributed by atoms with van der Waals surface area (Å²) in [6, 6.07) is 1.78. The maximum Gasteiger partial charge on any atom is 0.276 e. The van der Waals surface area contributed by atoms with Gasteiger partial charge in [0, 0.05) is 30.1 Å². The van der Waals surface area contributed by atoms with E-state index in [9.17, 15) is 4.79 Å². The van der Waals surface area contributed by atoms with Crippen molar-refractivity contribution in [3.8, 4) is 0 Å². The van der Waals surface area contributed by atoms with Crippen molar-refractivity contribution in [1.29, 1.82) is 0 Å². The van der Waals surface area contributed by atoms with Gasteiger partial charge in [-0.05, 0) is 38.8 Å². The standard InChI is InChI=1S/C17H23N5OS/c1-11-9-14(21-22(11)3)15(23)19-13-6-4-5-12(10-13)17(2)7-8-24-16(18)20-17/h4,6,9-10,12H,5,7-8H2,1-3H3,(H2,18,20)(H,19,23)/t12?,17-/m0/s1. The number of allylic oxidation sites excluding steroid dienone is 2. The molecular formula is C17H23N5OS. The third-order valence-corrected chi connectivity index (χ3v) is 5.49. The third kappa shape index (κ3) is 3.40. The fourth-order valence-corrected chi connectivity index (χ4v) is 4.03. The number of hydrogen-bond donors (Lipinski definition) is 2. The van der Waals surface area contributed by atoms with Crippen LogP contribution in [0.2, 0.25) is 0 Å². The smallest absolute Gasteiger partial charge is 0.276 e. The van der Waals surface area contributed by atoms with Gasteiger partial charge in [-0.3, -0.25) is 14.5 Å². The lowest BCUT2D eigenvalue weighted by molar-refractivity contribution is 0.0961. The highest BCUT2D eigenvalue weighted by atomic mass is 32.2. The molecule has 1 amide bonds. The molecule has 2 aliphatic rings. The Morgan fingerprint density at radius 3 is 3.00 bits per heavy atom.